The molecule has 0 amide bonds. The molecule has 1 saturated heterocycles. The molecule has 1 aliphatic rings. The number of sulfonamides is 1. The van der Waals surface area contributed by atoms with E-state index < -0.39 is 20.9 Å². The molecule has 0 N–H and O–H groups in total. The predicted molar refractivity (Wildman–Crippen MR) is 124 cm³/mol. The van der Waals surface area contributed by atoms with E-state index in [0.29, 0.717) is 13.0 Å². The zero-order valence-electron chi connectivity index (χ0n) is 18.4. The number of rotatable bonds is 4. The number of alkyl halides is 1. The van der Waals surface area contributed by atoms with Crippen molar-refractivity contribution in [1.29, 1.82) is 0 Å². The van der Waals surface area contributed by atoms with Crippen LogP contribution in [-0.2, 0) is 15.8 Å². The van der Waals surface area contributed by atoms with Crippen LogP contribution in [0, 0.1) is 5.82 Å². The Hall–Kier alpha value is -1.44. The lowest BCUT2D eigenvalue weighted by molar-refractivity contribution is 0.340. The van der Waals surface area contributed by atoms with E-state index in [9.17, 15) is 17.2 Å². The Labute approximate surface area is 184 Å². The largest absolute Gasteiger partial charge is 0.246 e. The third-order valence-electron chi connectivity index (χ3n) is 4.25. The van der Waals surface area contributed by atoms with Crippen molar-refractivity contribution >= 4 is 21.8 Å². The van der Waals surface area contributed by atoms with Crippen molar-refractivity contribution in [1.82, 2.24) is 4.31 Å². The molecule has 2 aromatic carbocycles. The molecule has 0 aliphatic carbocycles. The molecule has 0 spiro atoms. The van der Waals surface area contributed by atoms with Crippen LogP contribution in [0.4, 0.5) is 8.78 Å². The van der Waals surface area contributed by atoms with Crippen LogP contribution in [0.25, 0.3) is 0 Å². The van der Waals surface area contributed by atoms with Gasteiger partial charge in [-0.3, -0.25) is 0 Å². The molecule has 168 valence electrons. The zero-order valence-corrected chi connectivity index (χ0v) is 20.1. The Morgan fingerprint density at radius 2 is 1.70 bits per heavy atom. The fourth-order valence-corrected chi connectivity index (χ4v) is 4.97. The maximum Gasteiger partial charge on any atom is 0.219 e. The van der Waals surface area contributed by atoms with Crippen LogP contribution in [-0.4, -0.2) is 36.7 Å². The zero-order chi connectivity index (χ0) is 22.8. The molecule has 1 atom stereocenters. The number of halogens is 2. The summed E-state index contributed by atoms with van der Waals surface area (Å²) in [5, 5.41) is 0. The van der Waals surface area contributed by atoms with Crippen LogP contribution >= 0.6 is 11.8 Å². The van der Waals surface area contributed by atoms with Gasteiger partial charge in [0.2, 0.25) is 10.0 Å². The first-order chi connectivity index (χ1) is 14.1. The summed E-state index contributed by atoms with van der Waals surface area (Å²) in [5.74, 6) is 0.706. The van der Waals surface area contributed by atoms with Crippen molar-refractivity contribution in [2.45, 2.75) is 62.6 Å². The number of hydrogen-bond donors (Lipinski definition) is 0. The standard InChI is InChI=1S/C13H11FS.C8H16FNO2S.C2H6/c14-12-7-4-8-13(9-12)15-10-11-5-2-1-3-6-11;1-8(2,3)13(11,12)10-5-4-7(9)6-10;1-2/h1-9H,10H2;7H,4-6H2,1-3H3;1-2H3. The molecule has 30 heavy (non-hydrogen) atoms. The fourth-order valence-electron chi connectivity index (χ4n) is 2.59. The average Bonchev–Trinajstić information content (AvgIpc) is 3.16. The van der Waals surface area contributed by atoms with Gasteiger partial charge in [0, 0.05) is 23.7 Å². The molecule has 3 rings (SSSR count). The van der Waals surface area contributed by atoms with E-state index in [1.165, 1.54) is 15.9 Å². The van der Waals surface area contributed by atoms with Crippen LogP contribution in [0.5, 0.6) is 0 Å². The summed E-state index contributed by atoms with van der Waals surface area (Å²) in [6, 6.07) is 16.9. The van der Waals surface area contributed by atoms with Gasteiger partial charge in [0.15, 0.2) is 0 Å². The first-order valence-corrected chi connectivity index (χ1v) is 12.6. The van der Waals surface area contributed by atoms with Crippen molar-refractivity contribution in [2.75, 3.05) is 13.1 Å². The molecule has 1 heterocycles. The van der Waals surface area contributed by atoms with Gasteiger partial charge in [-0.05, 0) is 51.0 Å². The Balaban J connectivity index is 0.000000280. The fraction of sp³-hybridized carbons (Fsp3) is 0.478. The van der Waals surface area contributed by atoms with Gasteiger partial charge in [-0.1, -0.05) is 50.2 Å². The third kappa shape index (κ3) is 8.36. The Kier molecular flexibility index (Phi) is 11.0. The lowest BCUT2D eigenvalue weighted by Crippen LogP contribution is -2.41. The molecule has 3 nitrogen and oxygen atoms in total. The van der Waals surface area contributed by atoms with E-state index in [-0.39, 0.29) is 12.4 Å². The van der Waals surface area contributed by atoms with Gasteiger partial charge in [-0.15, -0.1) is 11.8 Å². The Morgan fingerprint density at radius 1 is 1.07 bits per heavy atom. The number of thioether (sulfide) groups is 1. The second-order valence-electron chi connectivity index (χ2n) is 7.59. The first-order valence-electron chi connectivity index (χ1n) is 10.2. The Morgan fingerprint density at radius 3 is 2.20 bits per heavy atom. The molecule has 0 saturated carbocycles. The topological polar surface area (TPSA) is 37.4 Å². The molecular weight excluding hydrogens is 424 g/mol. The molecule has 0 aromatic heterocycles. The molecule has 1 aliphatic heterocycles. The minimum absolute atomic E-state index is 0.0274. The second-order valence-corrected chi connectivity index (χ2v) is 11.3. The highest BCUT2D eigenvalue weighted by Gasteiger charge is 2.39. The highest BCUT2D eigenvalue weighted by Crippen LogP contribution is 2.25. The van der Waals surface area contributed by atoms with Gasteiger partial charge < -0.3 is 0 Å². The summed E-state index contributed by atoms with van der Waals surface area (Å²) >= 11 is 1.65. The lowest BCUT2D eigenvalue weighted by Gasteiger charge is -2.26. The van der Waals surface area contributed by atoms with E-state index in [0.717, 1.165) is 10.6 Å². The van der Waals surface area contributed by atoms with Gasteiger partial charge in [-0.25, -0.2) is 17.2 Å². The van der Waals surface area contributed by atoms with Crippen molar-refractivity contribution in [2.24, 2.45) is 0 Å². The minimum Gasteiger partial charge on any atom is -0.246 e. The molecule has 0 bridgehead atoms. The van der Waals surface area contributed by atoms with Crippen LogP contribution in [0.1, 0.15) is 46.6 Å². The van der Waals surface area contributed by atoms with Crippen molar-refractivity contribution in [3.8, 4) is 0 Å². The second kappa shape index (κ2) is 12.4. The van der Waals surface area contributed by atoms with Gasteiger partial charge in [0.25, 0.3) is 0 Å². The van der Waals surface area contributed by atoms with Gasteiger partial charge in [0.05, 0.1) is 4.75 Å². The van der Waals surface area contributed by atoms with Crippen LogP contribution in [0.3, 0.4) is 0 Å². The van der Waals surface area contributed by atoms with Crippen molar-refractivity contribution in [3.05, 3.63) is 66.0 Å². The monoisotopic (exact) mass is 457 g/mol. The van der Waals surface area contributed by atoms with Gasteiger partial charge in [0.1, 0.15) is 12.0 Å². The highest BCUT2D eigenvalue weighted by atomic mass is 32.2. The normalized spacial score (nSPS) is 16.8. The number of nitrogens with zero attached hydrogens (tertiary/aromatic N) is 1. The Bertz CT molecular complexity index is 853. The van der Waals surface area contributed by atoms with E-state index in [1.54, 1.807) is 44.7 Å². The quantitative estimate of drug-likeness (QED) is 0.506. The van der Waals surface area contributed by atoms with Crippen molar-refractivity contribution < 1.29 is 17.2 Å². The predicted octanol–water partition coefficient (Wildman–Crippen LogP) is 6.30. The maximum atomic E-state index is 12.9. The molecule has 1 unspecified atom stereocenters. The van der Waals surface area contributed by atoms with Crippen LogP contribution in [0.2, 0.25) is 0 Å². The van der Waals surface area contributed by atoms with E-state index in [2.05, 4.69) is 12.1 Å². The number of benzene rings is 2. The van der Waals surface area contributed by atoms with E-state index >= 15 is 0 Å². The first kappa shape index (κ1) is 26.6. The molecule has 7 heteroatoms. The summed E-state index contributed by atoms with van der Waals surface area (Å²) in [7, 11) is -3.32. The molecule has 0 radical (unpaired) electrons. The summed E-state index contributed by atoms with van der Waals surface area (Å²) in [6.07, 6.45) is -0.660. The van der Waals surface area contributed by atoms with Crippen molar-refractivity contribution in [3.63, 3.8) is 0 Å². The SMILES string of the molecule is CC.CC(C)(C)S(=O)(=O)N1CCC(F)C1.Fc1cccc(SCc2ccccc2)c1. The highest BCUT2D eigenvalue weighted by molar-refractivity contribution is 7.98. The molecule has 2 aromatic rings. The average molecular weight is 458 g/mol. The summed E-state index contributed by atoms with van der Waals surface area (Å²) in [4.78, 5) is 0.971. The van der Waals surface area contributed by atoms with E-state index in [4.69, 9.17) is 0 Å². The summed E-state index contributed by atoms with van der Waals surface area (Å²) < 4.78 is 49.6. The molecule has 1 fully saturated rings. The maximum absolute atomic E-state index is 12.9. The number of hydrogen-bond acceptors (Lipinski definition) is 3. The summed E-state index contributed by atoms with van der Waals surface area (Å²) in [5.41, 5.74) is 1.26. The van der Waals surface area contributed by atoms with Gasteiger partial charge >= 0.3 is 0 Å². The lowest BCUT2D eigenvalue weighted by atomic mass is 10.2. The smallest absolute Gasteiger partial charge is 0.219 e. The molecular formula is C23H33F2NO2S2. The van der Waals surface area contributed by atoms with Crippen LogP contribution in [0.15, 0.2) is 59.5 Å². The van der Waals surface area contributed by atoms with E-state index in [1.807, 2.05) is 38.1 Å². The van der Waals surface area contributed by atoms with Gasteiger partial charge in [-0.2, -0.15) is 4.31 Å². The summed E-state index contributed by atoms with van der Waals surface area (Å²) in [6.45, 7) is 9.25. The van der Waals surface area contributed by atoms with Crippen LogP contribution < -0.4 is 0 Å². The minimum atomic E-state index is -3.32. The third-order valence-corrected chi connectivity index (χ3v) is 7.88.